The van der Waals surface area contributed by atoms with Crippen molar-refractivity contribution < 1.29 is 38.2 Å². The molecular weight excluding hydrogens is 1010 g/mol. The van der Waals surface area contributed by atoms with Gasteiger partial charge in [0.25, 0.3) is 23.6 Å². The fraction of sp³-hybridized carbons (Fsp3) is 0.265. The molecule has 4 unspecified atom stereocenters. The van der Waals surface area contributed by atoms with E-state index in [1.807, 2.05) is 13.8 Å². The number of alkyl halides is 3. The Bertz CT molecular complexity index is 2860. The fourth-order valence-corrected chi connectivity index (χ4v) is 7.66. The molecule has 0 saturated carbocycles. The predicted molar refractivity (Wildman–Crippen MR) is 274 cm³/mol. The van der Waals surface area contributed by atoms with E-state index >= 15 is 0 Å². The van der Waals surface area contributed by atoms with Crippen LogP contribution in [-0.2, 0) is 25.1 Å². The summed E-state index contributed by atoms with van der Waals surface area (Å²) < 4.78 is 11.4. The molecule has 0 aliphatic heterocycles. The van der Waals surface area contributed by atoms with Gasteiger partial charge in [0, 0.05) is 51.9 Å². The Morgan fingerprint density at radius 1 is 0.571 bits per heavy atom. The number of hydrogen-bond donors (Lipinski definition) is 4. The summed E-state index contributed by atoms with van der Waals surface area (Å²) in [5.41, 5.74) is 3.13. The van der Waals surface area contributed by atoms with Crippen molar-refractivity contribution in [3.63, 3.8) is 0 Å². The van der Waals surface area contributed by atoms with Crippen molar-refractivity contribution >= 4 is 127 Å². The number of carbonyl (C=O) groups excluding carboxylic acids is 6. The highest BCUT2D eigenvalue weighted by Crippen LogP contribution is 2.36. The van der Waals surface area contributed by atoms with Gasteiger partial charge < -0.3 is 30.7 Å². The largest absolute Gasteiger partial charge is 0.493 e. The third kappa shape index (κ3) is 14.1. The number of anilines is 4. The Labute approximate surface area is 428 Å². The number of carbonyl (C=O) groups is 6. The molecule has 0 aliphatic rings. The van der Waals surface area contributed by atoms with E-state index in [2.05, 4.69) is 41.7 Å². The molecule has 4 N–H and O–H groups in total. The van der Waals surface area contributed by atoms with Crippen molar-refractivity contribution in [2.24, 2.45) is 20.5 Å². The minimum atomic E-state index is -1.65. The smallest absolute Gasteiger partial charge is 0.258 e. The zero-order valence-electron chi connectivity index (χ0n) is 38.5. The van der Waals surface area contributed by atoms with Crippen molar-refractivity contribution in [1.82, 2.24) is 0 Å². The van der Waals surface area contributed by atoms with Crippen molar-refractivity contribution in [3.8, 4) is 11.5 Å². The summed E-state index contributed by atoms with van der Waals surface area (Å²) in [6.07, 6.45) is 0. The molecule has 0 radical (unpaired) electrons. The summed E-state index contributed by atoms with van der Waals surface area (Å²) in [7, 11) is 0. The summed E-state index contributed by atoms with van der Waals surface area (Å²) in [4.78, 5) is 78.9. The van der Waals surface area contributed by atoms with Gasteiger partial charge in [0.05, 0.1) is 45.1 Å². The van der Waals surface area contributed by atoms with Gasteiger partial charge in [0.2, 0.25) is 12.1 Å². The van der Waals surface area contributed by atoms with Crippen LogP contribution >= 0.6 is 58.0 Å². The lowest BCUT2D eigenvalue weighted by atomic mass is 10.1. The highest BCUT2D eigenvalue weighted by molar-refractivity contribution is 6.37. The maximum atomic E-state index is 13.5. The first kappa shape index (κ1) is 54.5. The fourth-order valence-electron chi connectivity index (χ4n) is 6.58. The lowest BCUT2D eigenvalue weighted by Crippen LogP contribution is -2.32. The summed E-state index contributed by atoms with van der Waals surface area (Å²) in [5.74, 6) is -3.33. The molecule has 0 heterocycles. The number of Topliss-reactive ketones (excluding diaryl/α,β-unsaturated/α-hetero) is 2. The number of hydrogen-bond acceptors (Lipinski definition) is 12. The lowest BCUT2D eigenvalue weighted by Gasteiger charge is -2.15. The Morgan fingerprint density at radius 3 is 1.39 bits per heavy atom. The minimum Gasteiger partial charge on any atom is -0.493 e. The highest BCUT2D eigenvalue weighted by atomic mass is 35.5. The number of ketones is 2. The average molecular weight is 1050 g/mol. The minimum absolute atomic E-state index is 0.0104. The molecule has 0 aromatic heterocycles. The van der Waals surface area contributed by atoms with E-state index < -0.39 is 47.3 Å². The molecule has 0 spiro atoms. The molecule has 5 rings (SSSR count). The molecule has 4 amide bonds. The maximum Gasteiger partial charge on any atom is 0.258 e. The standard InChI is InChI=1S/C49H47Cl5N8O8/c1-7-69-40-22-31(15-18-33(40)25(3)51)55-46(65)35-11-9-13-38(42(35)53)59-61-44(27(5)63)48(67)57-30-17-20-37(29(21-30)24-50)58-49(68)45(28(6)64)62-60-39-14-10-12-36(43(39)54)47(66)56-32-16-19-34(26(4)52)41(23-32)70-8-2/h9-23,25-26,44-45H,7-8,24H2,1-6H3,(H,55,65)(H,56,66)(H,57,67)(H,58,68). The number of benzene rings is 5. The Hall–Kier alpha value is -6.43. The van der Waals surface area contributed by atoms with Gasteiger partial charge in [-0.25, -0.2) is 0 Å². The van der Waals surface area contributed by atoms with Crippen molar-refractivity contribution in [3.05, 3.63) is 129 Å². The van der Waals surface area contributed by atoms with E-state index in [9.17, 15) is 28.8 Å². The quantitative estimate of drug-likeness (QED) is 0.0314. The second-order valence-corrected chi connectivity index (χ2v) is 17.6. The first-order chi connectivity index (χ1) is 33.4. The Kier molecular flexibility index (Phi) is 19.8. The first-order valence-corrected chi connectivity index (χ1v) is 23.7. The summed E-state index contributed by atoms with van der Waals surface area (Å²) in [6, 6.07) is 20.0. The van der Waals surface area contributed by atoms with E-state index in [1.165, 1.54) is 54.6 Å². The number of ether oxygens (including phenoxy) is 2. The Morgan fingerprint density at radius 2 is 0.986 bits per heavy atom. The van der Waals surface area contributed by atoms with Crippen LogP contribution in [0.15, 0.2) is 111 Å². The summed E-state index contributed by atoms with van der Waals surface area (Å²) >= 11 is 32.0. The van der Waals surface area contributed by atoms with Crippen LogP contribution in [0.3, 0.4) is 0 Å². The molecular formula is C49H47Cl5N8O8. The average Bonchev–Trinajstić information content (AvgIpc) is 3.30. The van der Waals surface area contributed by atoms with Gasteiger partial charge >= 0.3 is 0 Å². The second kappa shape index (κ2) is 25.4. The van der Waals surface area contributed by atoms with E-state index in [0.717, 1.165) is 25.0 Å². The molecule has 5 aromatic carbocycles. The number of nitrogens with zero attached hydrogens (tertiary/aromatic N) is 4. The van der Waals surface area contributed by atoms with Crippen LogP contribution in [0.25, 0.3) is 0 Å². The van der Waals surface area contributed by atoms with Crippen LogP contribution in [0.1, 0.15) is 89.7 Å². The van der Waals surface area contributed by atoms with E-state index in [4.69, 9.17) is 67.5 Å². The van der Waals surface area contributed by atoms with Crippen LogP contribution in [-0.4, -0.2) is 60.5 Å². The van der Waals surface area contributed by atoms with Gasteiger partial charge in [-0.3, -0.25) is 28.8 Å². The number of halogens is 5. The van der Waals surface area contributed by atoms with E-state index in [-0.39, 0.29) is 60.6 Å². The van der Waals surface area contributed by atoms with Crippen LogP contribution < -0.4 is 30.7 Å². The van der Waals surface area contributed by atoms with Gasteiger partial charge in [-0.2, -0.15) is 20.5 Å². The molecule has 0 aliphatic carbocycles. The molecule has 70 heavy (non-hydrogen) atoms. The lowest BCUT2D eigenvalue weighted by molar-refractivity contribution is -0.127. The summed E-state index contributed by atoms with van der Waals surface area (Å²) in [5, 5.41) is 26.0. The molecule has 16 nitrogen and oxygen atoms in total. The molecule has 5 aromatic rings. The zero-order chi connectivity index (χ0) is 51.2. The number of amides is 4. The number of nitrogens with one attached hydrogen (secondary N) is 4. The molecule has 0 fully saturated rings. The van der Waals surface area contributed by atoms with Crippen molar-refractivity contribution in [2.45, 2.75) is 70.3 Å². The number of rotatable bonds is 21. The van der Waals surface area contributed by atoms with Gasteiger partial charge in [-0.05, 0) is 102 Å². The van der Waals surface area contributed by atoms with Gasteiger partial charge in [0.1, 0.15) is 22.9 Å². The van der Waals surface area contributed by atoms with Crippen LogP contribution in [0.5, 0.6) is 11.5 Å². The van der Waals surface area contributed by atoms with Crippen LogP contribution in [0, 0.1) is 0 Å². The molecule has 366 valence electrons. The van der Waals surface area contributed by atoms with Gasteiger partial charge in [0.15, 0.2) is 11.6 Å². The van der Waals surface area contributed by atoms with Crippen molar-refractivity contribution in [2.75, 3.05) is 34.5 Å². The van der Waals surface area contributed by atoms with Crippen molar-refractivity contribution in [1.29, 1.82) is 0 Å². The third-order valence-corrected chi connectivity index (χ3v) is 11.6. The SMILES string of the molecule is CCOc1cc(NC(=O)c2cccc(N=NC(C(C)=O)C(=O)Nc3ccc(NC(=O)C(N=Nc4cccc(C(=O)Nc5ccc(C(C)Cl)c(OCC)c5)c4Cl)C(C)=O)c(CCl)c3)c2Cl)ccc1C(C)Cl. The highest BCUT2D eigenvalue weighted by Gasteiger charge is 2.27. The van der Waals surface area contributed by atoms with Gasteiger partial charge in [-0.15, -0.1) is 34.8 Å². The Balaban J connectivity index is 1.26. The predicted octanol–water partition coefficient (Wildman–Crippen LogP) is 13.0. The normalized spacial score (nSPS) is 13.0. The topological polar surface area (TPSA) is 218 Å². The van der Waals surface area contributed by atoms with Gasteiger partial charge in [-0.1, -0.05) is 47.5 Å². The molecule has 0 saturated heterocycles. The second-order valence-electron chi connectivity index (χ2n) is 15.2. The van der Waals surface area contributed by atoms with E-state index in [1.54, 1.807) is 50.2 Å². The molecule has 21 heteroatoms. The maximum absolute atomic E-state index is 13.5. The number of azo groups is 2. The molecule has 0 bridgehead atoms. The van der Waals surface area contributed by atoms with E-state index in [0.29, 0.717) is 41.7 Å². The van der Waals surface area contributed by atoms with Crippen LogP contribution in [0.2, 0.25) is 10.0 Å². The molecule has 4 atom stereocenters. The monoisotopic (exact) mass is 1050 g/mol. The third-order valence-electron chi connectivity index (χ3n) is 10.0. The first-order valence-electron chi connectivity index (χ1n) is 21.5. The summed E-state index contributed by atoms with van der Waals surface area (Å²) in [6.45, 7) is 10.3. The van der Waals surface area contributed by atoms with Crippen LogP contribution in [0.4, 0.5) is 34.1 Å². The zero-order valence-corrected chi connectivity index (χ0v) is 42.3.